The molecule has 0 bridgehead atoms. The highest BCUT2D eigenvalue weighted by molar-refractivity contribution is 5.89. The molecule has 0 aliphatic heterocycles. The van der Waals surface area contributed by atoms with Crippen LogP contribution in [0.2, 0.25) is 0 Å². The molecule has 1 N–H and O–H groups in total. The van der Waals surface area contributed by atoms with Gasteiger partial charge in [-0.3, -0.25) is 0 Å². The first-order chi connectivity index (χ1) is 9.66. The number of aliphatic hydroxyl groups excluding tert-OH is 1. The third kappa shape index (κ3) is 4.60. The fraction of sp³-hybridized carbons (Fsp3) is 0.400. The molecule has 3 nitrogen and oxygen atoms in total. The number of hydrogen-bond donors (Lipinski definition) is 1. The maximum atomic E-state index is 12.4. The molecule has 2 unspecified atom stereocenters. The number of rotatable bonds is 5. The average molecular weight is 302 g/mol. The molecule has 21 heavy (non-hydrogen) atoms. The number of carbonyl (C=O) groups excluding carboxylic acids is 1. The van der Waals surface area contributed by atoms with Crippen LogP contribution in [0, 0.1) is 0 Å². The fourth-order valence-electron chi connectivity index (χ4n) is 1.51. The van der Waals surface area contributed by atoms with Crippen molar-refractivity contribution >= 4 is 5.97 Å². The highest BCUT2D eigenvalue weighted by atomic mass is 19.4. The average Bonchev–Trinajstić information content (AvgIpc) is 2.44. The van der Waals surface area contributed by atoms with E-state index in [0.717, 1.165) is 24.3 Å². The minimum atomic E-state index is -4.45. The van der Waals surface area contributed by atoms with Crippen molar-refractivity contribution in [3.63, 3.8) is 0 Å². The van der Waals surface area contributed by atoms with E-state index in [9.17, 15) is 23.1 Å². The van der Waals surface area contributed by atoms with Gasteiger partial charge in [0.25, 0.3) is 0 Å². The van der Waals surface area contributed by atoms with Crippen LogP contribution in [0.1, 0.15) is 37.5 Å². The molecular formula is C15H17F3O3. The lowest BCUT2D eigenvalue weighted by Gasteiger charge is -2.17. The first kappa shape index (κ1) is 17.2. The van der Waals surface area contributed by atoms with Gasteiger partial charge >= 0.3 is 12.1 Å². The summed E-state index contributed by atoms with van der Waals surface area (Å²) in [6, 6.07) is 3.89. The van der Waals surface area contributed by atoms with E-state index in [1.807, 2.05) is 6.92 Å². The van der Waals surface area contributed by atoms with E-state index in [1.54, 1.807) is 6.92 Å². The Morgan fingerprint density at radius 3 is 2.29 bits per heavy atom. The van der Waals surface area contributed by atoms with Crippen LogP contribution in [0.4, 0.5) is 13.2 Å². The Morgan fingerprint density at radius 1 is 1.33 bits per heavy atom. The molecule has 0 amide bonds. The Morgan fingerprint density at radius 2 is 1.86 bits per heavy atom. The third-order valence-corrected chi connectivity index (χ3v) is 3.03. The Balaban J connectivity index is 2.81. The number of alkyl halides is 3. The van der Waals surface area contributed by atoms with Crippen LogP contribution >= 0.6 is 0 Å². The number of halogens is 3. The first-order valence-electron chi connectivity index (χ1n) is 6.41. The second-order valence-electron chi connectivity index (χ2n) is 4.67. The standard InChI is InChI=1S/C15H17F3O3/c1-4-9(2)21-14(20)10(3)13(19)11-5-7-12(8-6-11)15(16,17)18/h5-9,13,19H,3-4H2,1-2H3. The number of benzene rings is 1. The number of esters is 1. The monoisotopic (exact) mass is 302 g/mol. The van der Waals surface area contributed by atoms with Gasteiger partial charge in [0.05, 0.1) is 17.2 Å². The summed E-state index contributed by atoms with van der Waals surface area (Å²) >= 11 is 0. The lowest BCUT2D eigenvalue weighted by atomic mass is 10.0. The van der Waals surface area contributed by atoms with Gasteiger partial charge in [-0.1, -0.05) is 25.6 Å². The molecular weight excluding hydrogens is 285 g/mol. The molecule has 1 aromatic carbocycles. The molecule has 1 aromatic rings. The van der Waals surface area contributed by atoms with E-state index < -0.39 is 23.8 Å². The predicted molar refractivity (Wildman–Crippen MR) is 71.4 cm³/mol. The normalized spacial score (nSPS) is 14.4. The summed E-state index contributed by atoms with van der Waals surface area (Å²) in [4.78, 5) is 11.7. The molecule has 0 saturated carbocycles. The quantitative estimate of drug-likeness (QED) is 0.667. The number of carbonyl (C=O) groups is 1. The minimum absolute atomic E-state index is 0.147. The van der Waals surface area contributed by atoms with Gasteiger partial charge in [-0.05, 0) is 31.0 Å². The van der Waals surface area contributed by atoms with Crippen LogP contribution in [0.15, 0.2) is 36.4 Å². The van der Waals surface area contributed by atoms with Gasteiger partial charge in [-0.2, -0.15) is 13.2 Å². The highest BCUT2D eigenvalue weighted by Gasteiger charge is 2.30. The van der Waals surface area contributed by atoms with Gasteiger partial charge < -0.3 is 9.84 Å². The molecule has 0 fully saturated rings. The van der Waals surface area contributed by atoms with E-state index >= 15 is 0 Å². The van der Waals surface area contributed by atoms with E-state index in [-0.39, 0.29) is 17.2 Å². The van der Waals surface area contributed by atoms with Crippen LogP contribution in [0.25, 0.3) is 0 Å². The van der Waals surface area contributed by atoms with Gasteiger partial charge in [0, 0.05) is 0 Å². The zero-order valence-electron chi connectivity index (χ0n) is 11.8. The molecule has 2 atom stereocenters. The van der Waals surface area contributed by atoms with Crippen LogP contribution in [-0.2, 0) is 15.7 Å². The zero-order chi connectivity index (χ0) is 16.2. The molecule has 0 radical (unpaired) electrons. The van der Waals surface area contributed by atoms with Crippen molar-refractivity contribution in [1.82, 2.24) is 0 Å². The SMILES string of the molecule is C=C(C(=O)OC(C)CC)C(O)c1ccc(C(F)(F)F)cc1. The second kappa shape index (κ2) is 6.76. The summed E-state index contributed by atoms with van der Waals surface area (Å²) in [5.74, 6) is -0.767. The number of aliphatic hydroxyl groups is 1. The topological polar surface area (TPSA) is 46.5 Å². The Bertz CT molecular complexity index is 506. The highest BCUT2D eigenvalue weighted by Crippen LogP contribution is 2.31. The smallest absolute Gasteiger partial charge is 0.416 e. The third-order valence-electron chi connectivity index (χ3n) is 3.03. The Hall–Kier alpha value is -1.82. The Kier molecular flexibility index (Phi) is 5.54. The Labute approximate surface area is 121 Å². The summed E-state index contributed by atoms with van der Waals surface area (Å²) < 4.78 is 42.3. The maximum Gasteiger partial charge on any atom is 0.416 e. The van der Waals surface area contributed by atoms with Crippen molar-refractivity contribution < 1.29 is 27.8 Å². The van der Waals surface area contributed by atoms with E-state index in [1.165, 1.54) is 0 Å². The molecule has 1 rings (SSSR count). The summed E-state index contributed by atoms with van der Waals surface area (Å²) in [6.07, 6.45) is -5.57. The lowest BCUT2D eigenvalue weighted by molar-refractivity contribution is -0.144. The van der Waals surface area contributed by atoms with E-state index in [2.05, 4.69) is 6.58 Å². The lowest BCUT2D eigenvalue weighted by Crippen LogP contribution is -2.19. The molecule has 0 aliphatic rings. The first-order valence-corrected chi connectivity index (χ1v) is 6.41. The summed E-state index contributed by atoms with van der Waals surface area (Å²) in [5.41, 5.74) is -0.893. The molecule has 0 saturated heterocycles. The van der Waals surface area contributed by atoms with Crippen LogP contribution in [0.3, 0.4) is 0 Å². The predicted octanol–water partition coefficient (Wildman–Crippen LogP) is 3.64. The van der Waals surface area contributed by atoms with Crippen molar-refractivity contribution in [3.05, 3.63) is 47.5 Å². The molecule has 0 aromatic heterocycles. The molecule has 0 heterocycles. The summed E-state index contributed by atoms with van der Waals surface area (Å²) in [7, 11) is 0. The molecule has 116 valence electrons. The van der Waals surface area contributed by atoms with Gasteiger partial charge in [0.2, 0.25) is 0 Å². The number of ether oxygens (including phenoxy) is 1. The van der Waals surface area contributed by atoms with Gasteiger partial charge in [-0.25, -0.2) is 4.79 Å². The van der Waals surface area contributed by atoms with Crippen molar-refractivity contribution in [2.24, 2.45) is 0 Å². The van der Waals surface area contributed by atoms with Crippen molar-refractivity contribution in [2.45, 2.75) is 38.7 Å². The van der Waals surface area contributed by atoms with Crippen LogP contribution in [-0.4, -0.2) is 17.2 Å². The molecule has 0 aliphatic carbocycles. The van der Waals surface area contributed by atoms with Crippen LogP contribution in [0.5, 0.6) is 0 Å². The zero-order valence-corrected chi connectivity index (χ0v) is 11.8. The minimum Gasteiger partial charge on any atom is -0.459 e. The fourth-order valence-corrected chi connectivity index (χ4v) is 1.51. The van der Waals surface area contributed by atoms with Crippen molar-refractivity contribution in [1.29, 1.82) is 0 Å². The van der Waals surface area contributed by atoms with Gasteiger partial charge in [0.15, 0.2) is 0 Å². The van der Waals surface area contributed by atoms with E-state index in [0.29, 0.717) is 6.42 Å². The largest absolute Gasteiger partial charge is 0.459 e. The van der Waals surface area contributed by atoms with E-state index in [4.69, 9.17) is 4.74 Å². The van der Waals surface area contributed by atoms with Crippen LogP contribution < -0.4 is 0 Å². The van der Waals surface area contributed by atoms with Gasteiger partial charge in [-0.15, -0.1) is 0 Å². The van der Waals surface area contributed by atoms with Crippen molar-refractivity contribution in [3.8, 4) is 0 Å². The molecule has 6 heteroatoms. The molecule has 0 spiro atoms. The second-order valence-corrected chi connectivity index (χ2v) is 4.67. The van der Waals surface area contributed by atoms with Crippen molar-refractivity contribution in [2.75, 3.05) is 0 Å². The summed E-state index contributed by atoms with van der Waals surface area (Å²) in [6.45, 7) is 6.96. The van der Waals surface area contributed by atoms with Gasteiger partial charge in [0.1, 0.15) is 6.10 Å². The summed E-state index contributed by atoms with van der Waals surface area (Å²) in [5, 5.41) is 9.96. The maximum absolute atomic E-state index is 12.4. The number of hydrogen-bond acceptors (Lipinski definition) is 3.